The molecule has 2 rings (SSSR count). The number of likely N-dealkylation sites (tertiary alicyclic amines) is 1. The van der Waals surface area contributed by atoms with Crippen molar-refractivity contribution in [2.24, 2.45) is 11.8 Å². The first-order chi connectivity index (χ1) is 10.0. The summed E-state index contributed by atoms with van der Waals surface area (Å²) in [4.78, 5) is 26.2. The number of rotatable bonds is 6. The van der Waals surface area contributed by atoms with Crippen molar-refractivity contribution in [3.63, 3.8) is 0 Å². The van der Waals surface area contributed by atoms with Crippen LogP contribution in [0.3, 0.4) is 0 Å². The predicted octanol–water partition coefficient (Wildman–Crippen LogP) is 2.72. The van der Waals surface area contributed by atoms with Gasteiger partial charge in [-0.25, -0.2) is 0 Å². The van der Waals surface area contributed by atoms with Gasteiger partial charge in [0.2, 0.25) is 11.8 Å². The smallest absolute Gasteiger partial charge is 0.225 e. The van der Waals surface area contributed by atoms with E-state index < -0.39 is 0 Å². The molecule has 0 aromatic rings. The van der Waals surface area contributed by atoms with Crippen LogP contribution < -0.4 is 5.32 Å². The van der Waals surface area contributed by atoms with Gasteiger partial charge in [0.1, 0.15) is 0 Å². The number of nitrogens with zero attached hydrogens (tertiary/aromatic N) is 1. The summed E-state index contributed by atoms with van der Waals surface area (Å²) in [5, 5.41) is 3.24. The first kappa shape index (κ1) is 16.3. The van der Waals surface area contributed by atoms with Crippen LogP contribution in [-0.4, -0.2) is 35.3 Å². The summed E-state index contributed by atoms with van der Waals surface area (Å²) in [6, 6.07) is 0.534. The van der Waals surface area contributed by atoms with Gasteiger partial charge in [-0.3, -0.25) is 9.59 Å². The molecule has 0 bridgehead atoms. The average Bonchev–Trinajstić information content (AvgIpc) is 3.03. The van der Waals surface area contributed by atoms with Gasteiger partial charge in [0, 0.05) is 25.0 Å². The van der Waals surface area contributed by atoms with E-state index >= 15 is 0 Å². The fourth-order valence-corrected chi connectivity index (χ4v) is 3.75. The largest absolute Gasteiger partial charge is 0.353 e. The molecule has 21 heavy (non-hydrogen) atoms. The molecule has 1 aliphatic carbocycles. The summed E-state index contributed by atoms with van der Waals surface area (Å²) in [5.41, 5.74) is 0. The topological polar surface area (TPSA) is 49.4 Å². The molecule has 0 aromatic heterocycles. The highest BCUT2D eigenvalue weighted by molar-refractivity contribution is 5.89. The highest BCUT2D eigenvalue weighted by Gasteiger charge is 2.37. The van der Waals surface area contributed by atoms with E-state index in [9.17, 15) is 9.59 Å². The maximum atomic E-state index is 12.4. The van der Waals surface area contributed by atoms with E-state index in [1.54, 1.807) is 0 Å². The van der Waals surface area contributed by atoms with Crippen molar-refractivity contribution in [3.8, 4) is 0 Å². The number of carbonyl (C=O) groups is 2. The van der Waals surface area contributed by atoms with Gasteiger partial charge in [-0.2, -0.15) is 0 Å². The molecule has 3 unspecified atom stereocenters. The minimum atomic E-state index is -0.146. The van der Waals surface area contributed by atoms with Gasteiger partial charge in [0.15, 0.2) is 0 Å². The zero-order valence-electron chi connectivity index (χ0n) is 13.7. The van der Waals surface area contributed by atoms with E-state index in [-0.39, 0.29) is 23.8 Å². The third-order valence-corrected chi connectivity index (χ3v) is 5.07. The minimum absolute atomic E-state index is 0.0971. The monoisotopic (exact) mass is 294 g/mol. The molecule has 0 aromatic carbocycles. The van der Waals surface area contributed by atoms with Gasteiger partial charge < -0.3 is 10.2 Å². The van der Waals surface area contributed by atoms with Crippen molar-refractivity contribution in [1.82, 2.24) is 10.2 Å². The highest BCUT2D eigenvalue weighted by Crippen LogP contribution is 2.30. The van der Waals surface area contributed by atoms with Gasteiger partial charge in [0.05, 0.1) is 5.92 Å². The lowest BCUT2D eigenvalue weighted by atomic mass is 9.96. The van der Waals surface area contributed by atoms with Crippen molar-refractivity contribution in [1.29, 1.82) is 0 Å². The maximum Gasteiger partial charge on any atom is 0.225 e. The summed E-state index contributed by atoms with van der Waals surface area (Å²) in [6.45, 7) is 6.83. The fourth-order valence-electron chi connectivity index (χ4n) is 3.75. The lowest BCUT2D eigenvalue weighted by Gasteiger charge is -2.23. The number of hydrogen-bond acceptors (Lipinski definition) is 2. The summed E-state index contributed by atoms with van der Waals surface area (Å²) in [7, 11) is 0. The van der Waals surface area contributed by atoms with Gasteiger partial charge in [-0.15, -0.1) is 0 Å². The Balaban J connectivity index is 1.85. The van der Waals surface area contributed by atoms with Crippen LogP contribution in [0.5, 0.6) is 0 Å². The molecule has 2 amide bonds. The van der Waals surface area contributed by atoms with Crippen LogP contribution >= 0.6 is 0 Å². The zero-order chi connectivity index (χ0) is 15.4. The van der Waals surface area contributed by atoms with Crippen LogP contribution in [0.15, 0.2) is 0 Å². The van der Waals surface area contributed by atoms with Crippen molar-refractivity contribution in [2.45, 2.75) is 77.8 Å². The molecule has 1 saturated heterocycles. The molecule has 2 fully saturated rings. The van der Waals surface area contributed by atoms with Crippen molar-refractivity contribution >= 4 is 11.8 Å². The second-order valence-electron chi connectivity index (χ2n) is 6.99. The van der Waals surface area contributed by atoms with Crippen LogP contribution in [-0.2, 0) is 9.59 Å². The number of carbonyl (C=O) groups excluding carboxylic acids is 2. The Hall–Kier alpha value is -1.06. The van der Waals surface area contributed by atoms with Crippen LogP contribution in [0, 0.1) is 11.8 Å². The SMILES string of the molecule is CCCCC1CCCC1NC(=O)C1CC(=O)N(C(C)C)C1. The lowest BCUT2D eigenvalue weighted by molar-refractivity contribution is -0.130. The molecule has 1 N–H and O–H groups in total. The van der Waals surface area contributed by atoms with Crippen LogP contribution in [0.25, 0.3) is 0 Å². The Morgan fingerprint density at radius 1 is 1.38 bits per heavy atom. The van der Waals surface area contributed by atoms with Crippen molar-refractivity contribution in [3.05, 3.63) is 0 Å². The number of amides is 2. The number of hydrogen-bond donors (Lipinski definition) is 1. The Morgan fingerprint density at radius 3 is 2.76 bits per heavy atom. The quantitative estimate of drug-likeness (QED) is 0.819. The zero-order valence-corrected chi connectivity index (χ0v) is 13.7. The Kier molecular flexibility index (Phi) is 5.65. The number of nitrogens with one attached hydrogen (secondary N) is 1. The molecule has 1 heterocycles. The second kappa shape index (κ2) is 7.28. The molecule has 4 nitrogen and oxygen atoms in total. The highest BCUT2D eigenvalue weighted by atomic mass is 16.2. The van der Waals surface area contributed by atoms with E-state index in [1.165, 1.54) is 32.1 Å². The normalized spacial score (nSPS) is 29.4. The van der Waals surface area contributed by atoms with Crippen LogP contribution in [0.4, 0.5) is 0 Å². The molecule has 0 spiro atoms. The van der Waals surface area contributed by atoms with Crippen molar-refractivity contribution in [2.75, 3.05) is 6.54 Å². The summed E-state index contributed by atoms with van der Waals surface area (Å²) >= 11 is 0. The van der Waals surface area contributed by atoms with E-state index in [1.807, 2.05) is 18.7 Å². The Morgan fingerprint density at radius 2 is 2.14 bits per heavy atom. The predicted molar refractivity (Wildman–Crippen MR) is 83.8 cm³/mol. The van der Waals surface area contributed by atoms with Gasteiger partial charge >= 0.3 is 0 Å². The lowest BCUT2D eigenvalue weighted by Crippen LogP contribution is -2.42. The second-order valence-corrected chi connectivity index (χ2v) is 6.99. The molecule has 0 radical (unpaired) electrons. The first-order valence-corrected chi connectivity index (χ1v) is 8.62. The molecular weight excluding hydrogens is 264 g/mol. The minimum Gasteiger partial charge on any atom is -0.353 e. The fraction of sp³-hybridized carbons (Fsp3) is 0.882. The third-order valence-electron chi connectivity index (χ3n) is 5.07. The maximum absolute atomic E-state index is 12.4. The third kappa shape index (κ3) is 3.98. The van der Waals surface area contributed by atoms with E-state index in [2.05, 4.69) is 12.2 Å². The number of unbranched alkanes of at least 4 members (excludes halogenated alkanes) is 1. The summed E-state index contributed by atoms with van der Waals surface area (Å²) in [6.07, 6.45) is 7.65. The standard InChI is InChI=1S/C17H30N2O2/c1-4-5-7-13-8-6-9-15(13)18-17(21)14-10-16(20)19(11-14)12(2)3/h12-15H,4-11H2,1-3H3,(H,18,21). The van der Waals surface area contributed by atoms with Crippen LogP contribution in [0.1, 0.15) is 65.7 Å². The average molecular weight is 294 g/mol. The van der Waals surface area contributed by atoms with Gasteiger partial charge in [-0.1, -0.05) is 26.2 Å². The molecule has 3 atom stereocenters. The Bertz CT molecular complexity index is 381. The van der Waals surface area contributed by atoms with Crippen LogP contribution in [0.2, 0.25) is 0 Å². The summed E-state index contributed by atoms with van der Waals surface area (Å²) in [5.74, 6) is 0.721. The van der Waals surface area contributed by atoms with E-state index in [0.717, 1.165) is 6.42 Å². The first-order valence-electron chi connectivity index (χ1n) is 8.62. The van der Waals surface area contributed by atoms with Gasteiger partial charge in [-0.05, 0) is 39.0 Å². The molecule has 1 saturated carbocycles. The molecule has 120 valence electrons. The molecule has 2 aliphatic rings. The molecule has 1 aliphatic heterocycles. The van der Waals surface area contributed by atoms with Gasteiger partial charge in [0.25, 0.3) is 0 Å². The summed E-state index contributed by atoms with van der Waals surface area (Å²) < 4.78 is 0. The molecular formula is C17H30N2O2. The van der Waals surface area contributed by atoms with Crippen molar-refractivity contribution < 1.29 is 9.59 Å². The van der Waals surface area contributed by atoms with E-state index in [0.29, 0.717) is 24.9 Å². The van der Waals surface area contributed by atoms with E-state index in [4.69, 9.17) is 0 Å². The Labute approximate surface area is 128 Å². The molecule has 4 heteroatoms.